The molecular weight excluding hydrogens is 320 g/mol. The van der Waals surface area contributed by atoms with E-state index in [0.29, 0.717) is 0 Å². The Labute approximate surface area is 154 Å². The molecule has 4 rings (SSSR count). The third-order valence-electron chi connectivity index (χ3n) is 5.18. The molecule has 2 heteroatoms. The zero-order valence-electron chi connectivity index (χ0n) is 15.3. The van der Waals surface area contributed by atoms with Crippen LogP contribution in [-0.2, 0) is 5.60 Å². The van der Waals surface area contributed by atoms with Gasteiger partial charge in [-0.2, -0.15) is 0 Å². The first-order valence-electron chi connectivity index (χ1n) is 8.81. The summed E-state index contributed by atoms with van der Waals surface area (Å²) in [6.07, 6.45) is 0. The molecule has 0 aliphatic heterocycles. The molecule has 1 aliphatic rings. The molecular formula is C24H22O2. The van der Waals surface area contributed by atoms with Crippen molar-refractivity contribution in [1.29, 1.82) is 0 Å². The Morgan fingerprint density at radius 3 is 2.08 bits per heavy atom. The van der Waals surface area contributed by atoms with Gasteiger partial charge in [0.2, 0.25) is 0 Å². The quantitative estimate of drug-likeness (QED) is 0.710. The second-order valence-electron chi connectivity index (χ2n) is 6.96. The molecule has 1 atom stereocenters. The fourth-order valence-corrected chi connectivity index (χ4v) is 3.84. The summed E-state index contributed by atoms with van der Waals surface area (Å²) in [7, 11) is 1.66. The van der Waals surface area contributed by atoms with Crippen molar-refractivity contribution in [3.63, 3.8) is 0 Å². The summed E-state index contributed by atoms with van der Waals surface area (Å²) in [6.45, 7) is 3.97. The van der Waals surface area contributed by atoms with E-state index in [1.807, 2.05) is 49.4 Å². The van der Waals surface area contributed by atoms with Crippen LogP contribution >= 0.6 is 0 Å². The molecule has 2 nitrogen and oxygen atoms in total. The second kappa shape index (κ2) is 6.15. The molecule has 0 saturated heterocycles. The fourth-order valence-electron chi connectivity index (χ4n) is 3.84. The molecule has 0 spiro atoms. The van der Waals surface area contributed by atoms with Gasteiger partial charge in [-0.15, -0.1) is 0 Å². The van der Waals surface area contributed by atoms with Crippen LogP contribution in [0.2, 0.25) is 0 Å². The molecule has 0 aromatic heterocycles. The van der Waals surface area contributed by atoms with Gasteiger partial charge >= 0.3 is 0 Å². The molecule has 130 valence electrons. The summed E-state index contributed by atoms with van der Waals surface area (Å²) in [5.41, 5.74) is 6.35. The highest BCUT2D eigenvalue weighted by Crippen LogP contribution is 2.51. The first-order valence-corrected chi connectivity index (χ1v) is 8.81. The minimum absolute atomic E-state index is 0.807. The Kier molecular flexibility index (Phi) is 3.93. The minimum Gasteiger partial charge on any atom is -0.497 e. The lowest BCUT2D eigenvalue weighted by molar-refractivity contribution is 0.125. The Bertz CT molecular complexity index is 977. The average molecular weight is 342 g/mol. The number of hydrogen-bond donors (Lipinski definition) is 1. The third kappa shape index (κ3) is 2.54. The van der Waals surface area contributed by atoms with Crippen molar-refractivity contribution in [1.82, 2.24) is 0 Å². The molecule has 0 fully saturated rings. The highest BCUT2D eigenvalue weighted by molar-refractivity contribution is 6.06. The van der Waals surface area contributed by atoms with Gasteiger partial charge in [0.05, 0.1) is 7.11 Å². The second-order valence-corrected chi connectivity index (χ2v) is 6.96. The van der Waals surface area contributed by atoms with Crippen molar-refractivity contribution in [2.75, 3.05) is 7.11 Å². The predicted molar refractivity (Wildman–Crippen MR) is 106 cm³/mol. The van der Waals surface area contributed by atoms with Crippen LogP contribution in [0.25, 0.3) is 11.1 Å². The summed E-state index contributed by atoms with van der Waals surface area (Å²) in [6, 6.07) is 24.5. The van der Waals surface area contributed by atoms with Crippen molar-refractivity contribution in [3.05, 3.63) is 101 Å². The van der Waals surface area contributed by atoms with Gasteiger partial charge in [-0.05, 0) is 53.8 Å². The van der Waals surface area contributed by atoms with Crippen molar-refractivity contribution in [3.8, 4) is 5.75 Å². The minimum atomic E-state index is -1.05. The Morgan fingerprint density at radius 1 is 0.808 bits per heavy atom. The maximum atomic E-state index is 11.5. The first kappa shape index (κ1) is 16.6. The topological polar surface area (TPSA) is 29.5 Å². The third-order valence-corrected chi connectivity index (χ3v) is 5.18. The highest BCUT2D eigenvalue weighted by atomic mass is 16.5. The maximum absolute atomic E-state index is 11.5. The molecule has 26 heavy (non-hydrogen) atoms. The van der Waals surface area contributed by atoms with Crippen LogP contribution < -0.4 is 4.74 Å². The molecule has 1 unspecified atom stereocenters. The number of aliphatic hydroxyl groups is 1. The van der Waals surface area contributed by atoms with Crippen LogP contribution in [0, 0.1) is 6.92 Å². The molecule has 0 amide bonds. The summed E-state index contributed by atoms with van der Waals surface area (Å²) < 4.78 is 5.29. The largest absolute Gasteiger partial charge is 0.497 e. The standard InChI is InChI=1S/C24H22O2/c1-16-8-10-17(11-9-16)22-20-6-4-5-7-21(20)24(2,25)23(22)18-12-14-19(26-3)15-13-18/h4-15,25H,1-3H3. The average Bonchev–Trinajstić information content (AvgIpc) is 2.90. The number of ether oxygens (including phenoxy) is 1. The Hall–Kier alpha value is -2.84. The van der Waals surface area contributed by atoms with Gasteiger partial charge in [-0.1, -0.05) is 66.2 Å². The van der Waals surface area contributed by atoms with Crippen LogP contribution in [0.15, 0.2) is 72.8 Å². The Morgan fingerprint density at radius 2 is 1.42 bits per heavy atom. The zero-order chi connectivity index (χ0) is 18.3. The zero-order valence-corrected chi connectivity index (χ0v) is 15.3. The van der Waals surface area contributed by atoms with Gasteiger partial charge < -0.3 is 9.84 Å². The van der Waals surface area contributed by atoms with E-state index in [9.17, 15) is 5.11 Å². The summed E-state index contributed by atoms with van der Waals surface area (Å²) in [5, 5.41) is 11.5. The summed E-state index contributed by atoms with van der Waals surface area (Å²) in [5.74, 6) is 0.807. The molecule has 0 radical (unpaired) electrons. The van der Waals surface area contributed by atoms with E-state index in [1.165, 1.54) is 5.56 Å². The highest BCUT2D eigenvalue weighted by Gasteiger charge is 2.40. The van der Waals surface area contributed by atoms with Gasteiger partial charge in [0, 0.05) is 5.57 Å². The SMILES string of the molecule is COc1ccc(C2=C(c3ccc(C)cc3)c3ccccc3C2(C)O)cc1. The number of aryl methyl sites for hydroxylation is 1. The number of methoxy groups -OCH3 is 1. The summed E-state index contributed by atoms with van der Waals surface area (Å²) >= 11 is 0. The van der Waals surface area contributed by atoms with Gasteiger partial charge in [0.1, 0.15) is 11.4 Å². The van der Waals surface area contributed by atoms with Crippen LogP contribution in [0.4, 0.5) is 0 Å². The van der Waals surface area contributed by atoms with E-state index in [-0.39, 0.29) is 0 Å². The van der Waals surface area contributed by atoms with E-state index in [2.05, 4.69) is 37.3 Å². The predicted octanol–water partition coefficient (Wildman–Crippen LogP) is 5.18. The fraction of sp³-hybridized carbons (Fsp3) is 0.167. The van der Waals surface area contributed by atoms with Gasteiger partial charge in [-0.25, -0.2) is 0 Å². The van der Waals surface area contributed by atoms with Crippen molar-refractivity contribution >= 4 is 11.1 Å². The molecule has 1 aliphatic carbocycles. The lowest BCUT2D eigenvalue weighted by atomic mass is 9.87. The number of fused-ring (bicyclic) bond motifs is 1. The number of rotatable bonds is 3. The molecule has 3 aromatic rings. The van der Waals surface area contributed by atoms with Crippen LogP contribution in [-0.4, -0.2) is 12.2 Å². The van der Waals surface area contributed by atoms with E-state index >= 15 is 0 Å². The molecule has 0 heterocycles. The lowest BCUT2D eigenvalue weighted by Gasteiger charge is -2.24. The van der Waals surface area contributed by atoms with Crippen LogP contribution in [0.3, 0.4) is 0 Å². The van der Waals surface area contributed by atoms with Gasteiger partial charge in [0.15, 0.2) is 0 Å². The molecule has 0 bridgehead atoms. The molecule has 3 aromatic carbocycles. The van der Waals surface area contributed by atoms with E-state index in [4.69, 9.17) is 4.74 Å². The van der Waals surface area contributed by atoms with E-state index in [0.717, 1.165) is 39.1 Å². The number of hydrogen-bond acceptors (Lipinski definition) is 2. The first-order chi connectivity index (χ1) is 12.5. The normalized spacial score (nSPS) is 18.8. The van der Waals surface area contributed by atoms with Crippen molar-refractivity contribution < 1.29 is 9.84 Å². The lowest BCUT2D eigenvalue weighted by Crippen LogP contribution is -2.20. The van der Waals surface area contributed by atoms with Crippen molar-refractivity contribution in [2.45, 2.75) is 19.4 Å². The van der Waals surface area contributed by atoms with E-state index in [1.54, 1.807) is 7.11 Å². The summed E-state index contributed by atoms with van der Waals surface area (Å²) in [4.78, 5) is 0. The van der Waals surface area contributed by atoms with Gasteiger partial charge in [-0.3, -0.25) is 0 Å². The molecule has 0 saturated carbocycles. The maximum Gasteiger partial charge on any atom is 0.118 e. The van der Waals surface area contributed by atoms with E-state index < -0.39 is 5.60 Å². The monoisotopic (exact) mass is 342 g/mol. The smallest absolute Gasteiger partial charge is 0.118 e. The number of benzene rings is 3. The van der Waals surface area contributed by atoms with Crippen molar-refractivity contribution in [2.24, 2.45) is 0 Å². The Balaban J connectivity index is 2.01. The van der Waals surface area contributed by atoms with Crippen LogP contribution in [0.5, 0.6) is 5.75 Å². The molecule has 1 N–H and O–H groups in total. The van der Waals surface area contributed by atoms with Gasteiger partial charge in [0.25, 0.3) is 0 Å². The van der Waals surface area contributed by atoms with Crippen LogP contribution in [0.1, 0.15) is 34.7 Å².